The van der Waals surface area contributed by atoms with Crippen molar-refractivity contribution >= 4 is 11.9 Å². The molecule has 0 aromatic heterocycles. The van der Waals surface area contributed by atoms with Crippen LogP contribution in [-0.2, 0) is 19.1 Å². The molecule has 0 aliphatic carbocycles. The normalized spacial score (nSPS) is 12.0. The highest BCUT2D eigenvalue weighted by atomic mass is 16.5. The lowest BCUT2D eigenvalue weighted by Gasteiger charge is -2.16. The number of unbranched alkanes of at least 4 members (excludes halogenated alkanes) is 4. The summed E-state index contributed by atoms with van der Waals surface area (Å²) in [6, 6.07) is 0. The Hall–Kier alpha value is -1.06. The van der Waals surface area contributed by atoms with Gasteiger partial charge in [-0.05, 0) is 18.8 Å². The molecular formula is C17H32O4. The second-order valence-corrected chi connectivity index (χ2v) is 5.62. The first-order valence-electron chi connectivity index (χ1n) is 8.36. The first kappa shape index (κ1) is 19.9. The Morgan fingerprint density at radius 2 is 1.48 bits per heavy atom. The second kappa shape index (κ2) is 13.9. The number of rotatable bonds is 13. The third kappa shape index (κ3) is 12.4. The van der Waals surface area contributed by atoms with Crippen molar-refractivity contribution < 1.29 is 19.1 Å². The minimum Gasteiger partial charge on any atom is -0.469 e. The molecule has 0 aliphatic rings. The number of esters is 2. The molecule has 0 amide bonds. The van der Waals surface area contributed by atoms with E-state index in [-0.39, 0.29) is 24.8 Å². The van der Waals surface area contributed by atoms with Gasteiger partial charge < -0.3 is 9.47 Å². The maximum absolute atomic E-state index is 11.6. The summed E-state index contributed by atoms with van der Waals surface area (Å²) in [6.07, 6.45) is 9.80. The highest BCUT2D eigenvalue weighted by Crippen LogP contribution is 2.18. The van der Waals surface area contributed by atoms with Crippen LogP contribution in [0.5, 0.6) is 0 Å². The van der Waals surface area contributed by atoms with Crippen LogP contribution in [0.3, 0.4) is 0 Å². The van der Waals surface area contributed by atoms with Crippen LogP contribution >= 0.6 is 0 Å². The first-order chi connectivity index (χ1) is 10.1. The highest BCUT2D eigenvalue weighted by Gasteiger charge is 2.13. The molecule has 0 aromatic rings. The number of carbonyl (C=O) groups is 2. The van der Waals surface area contributed by atoms with E-state index in [0.717, 1.165) is 12.8 Å². The van der Waals surface area contributed by atoms with Gasteiger partial charge in [-0.1, -0.05) is 52.4 Å². The third-order valence-corrected chi connectivity index (χ3v) is 3.67. The second-order valence-electron chi connectivity index (χ2n) is 5.62. The lowest BCUT2D eigenvalue weighted by Crippen LogP contribution is -2.15. The molecule has 0 radical (unpaired) electrons. The van der Waals surface area contributed by atoms with Crippen LogP contribution in [0.25, 0.3) is 0 Å². The molecule has 0 saturated heterocycles. The Kier molecular flexibility index (Phi) is 13.2. The fraction of sp³-hybridized carbons (Fsp3) is 0.882. The lowest BCUT2D eigenvalue weighted by molar-refractivity contribution is -0.150. The van der Waals surface area contributed by atoms with Gasteiger partial charge in [0, 0.05) is 0 Å². The predicted molar refractivity (Wildman–Crippen MR) is 84.0 cm³/mol. The van der Waals surface area contributed by atoms with Gasteiger partial charge in [-0.25, -0.2) is 0 Å². The van der Waals surface area contributed by atoms with E-state index in [9.17, 15) is 9.59 Å². The first-order valence-corrected chi connectivity index (χ1v) is 8.36. The molecule has 0 saturated carbocycles. The van der Waals surface area contributed by atoms with Crippen LogP contribution in [0.1, 0.15) is 78.1 Å². The topological polar surface area (TPSA) is 52.6 Å². The highest BCUT2D eigenvalue weighted by molar-refractivity contribution is 5.77. The zero-order chi connectivity index (χ0) is 15.9. The fourth-order valence-electron chi connectivity index (χ4n) is 2.25. The summed E-state index contributed by atoms with van der Waals surface area (Å²) in [5.74, 6) is -0.201. The summed E-state index contributed by atoms with van der Waals surface area (Å²) >= 11 is 0. The number of ether oxygens (including phenoxy) is 2. The van der Waals surface area contributed by atoms with Crippen molar-refractivity contribution in [2.75, 3.05) is 13.7 Å². The van der Waals surface area contributed by atoms with E-state index < -0.39 is 0 Å². The van der Waals surface area contributed by atoms with Gasteiger partial charge in [0.05, 0.1) is 26.6 Å². The van der Waals surface area contributed by atoms with Gasteiger partial charge in [-0.15, -0.1) is 0 Å². The molecule has 0 bridgehead atoms. The summed E-state index contributed by atoms with van der Waals surface area (Å²) < 4.78 is 9.82. The van der Waals surface area contributed by atoms with E-state index in [1.165, 1.54) is 45.6 Å². The smallest absolute Gasteiger partial charge is 0.306 e. The molecule has 4 nitrogen and oxygen atoms in total. The molecule has 0 N–H and O–H groups in total. The van der Waals surface area contributed by atoms with Gasteiger partial charge in [0.25, 0.3) is 0 Å². The average molecular weight is 300 g/mol. The molecule has 1 unspecified atom stereocenters. The van der Waals surface area contributed by atoms with Crippen LogP contribution in [0.15, 0.2) is 0 Å². The van der Waals surface area contributed by atoms with Crippen molar-refractivity contribution in [2.45, 2.75) is 78.1 Å². The number of hydrogen-bond acceptors (Lipinski definition) is 4. The van der Waals surface area contributed by atoms with Crippen molar-refractivity contribution in [3.8, 4) is 0 Å². The van der Waals surface area contributed by atoms with Crippen molar-refractivity contribution in [2.24, 2.45) is 5.92 Å². The SMILES string of the molecule is CCCCCCC(CCCC)COC(=O)CCC(=O)OC. The third-order valence-electron chi connectivity index (χ3n) is 3.67. The van der Waals surface area contributed by atoms with E-state index >= 15 is 0 Å². The van der Waals surface area contributed by atoms with Crippen LogP contribution in [0.4, 0.5) is 0 Å². The quantitative estimate of drug-likeness (QED) is 0.377. The molecule has 4 heteroatoms. The molecule has 0 aliphatic heterocycles. The molecule has 0 rings (SSSR count). The summed E-state index contributed by atoms with van der Waals surface area (Å²) in [7, 11) is 1.32. The minimum atomic E-state index is -0.367. The van der Waals surface area contributed by atoms with E-state index in [2.05, 4.69) is 18.6 Å². The van der Waals surface area contributed by atoms with Gasteiger partial charge in [-0.2, -0.15) is 0 Å². The molecule has 21 heavy (non-hydrogen) atoms. The Morgan fingerprint density at radius 1 is 0.857 bits per heavy atom. The van der Waals surface area contributed by atoms with Crippen molar-refractivity contribution in [3.05, 3.63) is 0 Å². The van der Waals surface area contributed by atoms with Crippen molar-refractivity contribution in [3.63, 3.8) is 0 Å². The van der Waals surface area contributed by atoms with E-state index in [4.69, 9.17) is 4.74 Å². The molecule has 0 heterocycles. The minimum absolute atomic E-state index is 0.103. The van der Waals surface area contributed by atoms with Crippen LogP contribution < -0.4 is 0 Å². The monoisotopic (exact) mass is 300 g/mol. The molecule has 1 atom stereocenters. The number of carbonyl (C=O) groups excluding carboxylic acids is 2. The van der Waals surface area contributed by atoms with E-state index in [1.807, 2.05) is 0 Å². The van der Waals surface area contributed by atoms with Gasteiger partial charge in [0.15, 0.2) is 0 Å². The molecular weight excluding hydrogens is 268 g/mol. The maximum atomic E-state index is 11.6. The Morgan fingerprint density at radius 3 is 2.10 bits per heavy atom. The Bertz CT molecular complexity index is 276. The van der Waals surface area contributed by atoms with Crippen LogP contribution in [0, 0.1) is 5.92 Å². The van der Waals surface area contributed by atoms with Crippen LogP contribution in [0.2, 0.25) is 0 Å². The summed E-state index contributed by atoms with van der Waals surface area (Å²) in [5, 5.41) is 0. The molecule has 0 spiro atoms. The van der Waals surface area contributed by atoms with Gasteiger partial charge in [0.2, 0.25) is 0 Å². The van der Waals surface area contributed by atoms with Crippen molar-refractivity contribution in [1.82, 2.24) is 0 Å². The van der Waals surface area contributed by atoms with Gasteiger partial charge in [0.1, 0.15) is 0 Å². The zero-order valence-corrected chi connectivity index (χ0v) is 14.0. The number of methoxy groups -OCH3 is 1. The summed E-state index contributed by atoms with van der Waals surface area (Å²) in [4.78, 5) is 22.6. The Labute approximate surface area is 129 Å². The fourth-order valence-corrected chi connectivity index (χ4v) is 2.25. The standard InChI is InChI=1S/C17H32O4/c1-4-6-8-9-11-15(10-7-5-2)14-21-17(19)13-12-16(18)20-3/h15H,4-14H2,1-3H3. The Balaban J connectivity index is 3.91. The molecule has 0 aromatic carbocycles. The molecule has 124 valence electrons. The van der Waals surface area contributed by atoms with Crippen molar-refractivity contribution in [1.29, 1.82) is 0 Å². The zero-order valence-electron chi connectivity index (χ0n) is 14.0. The predicted octanol–water partition coefficient (Wildman–Crippen LogP) is 4.26. The van der Waals surface area contributed by atoms with E-state index in [0.29, 0.717) is 12.5 Å². The maximum Gasteiger partial charge on any atom is 0.306 e. The summed E-state index contributed by atoms with van der Waals surface area (Å²) in [5.41, 5.74) is 0. The largest absolute Gasteiger partial charge is 0.469 e. The van der Waals surface area contributed by atoms with E-state index in [1.54, 1.807) is 0 Å². The average Bonchev–Trinajstić information content (AvgIpc) is 2.50. The number of hydrogen-bond donors (Lipinski definition) is 0. The van der Waals surface area contributed by atoms with Crippen LogP contribution in [-0.4, -0.2) is 25.7 Å². The molecule has 0 fully saturated rings. The lowest BCUT2D eigenvalue weighted by atomic mass is 9.96. The van der Waals surface area contributed by atoms with Gasteiger partial charge in [-0.3, -0.25) is 9.59 Å². The summed E-state index contributed by atoms with van der Waals surface area (Å²) in [6.45, 7) is 4.88. The van der Waals surface area contributed by atoms with Gasteiger partial charge >= 0.3 is 11.9 Å².